The van der Waals surface area contributed by atoms with Crippen LogP contribution >= 0.6 is 22.9 Å². The minimum atomic E-state index is -4.80. The molecule has 0 spiro atoms. The van der Waals surface area contributed by atoms with Crippen molar-refractivity contribution in [1.29, 1.82) is 0 Å². The monoisotopic (exact) mass is 455 g/mol. The number of aliphatic hydroxyl groups is 1. The molecule has 3 heterocycles. The standard InChI is InChI=1S/C22H21ClF3NO2S/c1-20(2,17-9-15(23)7-14-4-6-29-19(14)17)12-21(28,22(24,25)26)10-16-8-13-3-5-27-11-18(13)30-16/h3,5,7-9,11,28H,4,6,10,12H2,1-2H3. The summed E-state index contributed by atoms with van der Waals surface area (Å²) in [5, 5.41) is 12.2. The highest BCUT2D eigenvalue weighted by Gasteiger charge is 2.56. The van der Waals surface area contributed by atoms with E-state index in [0.717, 1.165) is 15.6 Å². The van der Waals surface area contributed by atoms with Gasteiger partial charge in [-0.05, 0) is 47.1 Å². The summed E-state index contributed by atoms with van der Waals surface area (Å²) in [6, 6.07) is 6.86. The molecule has 1 aliphatic rings. The summed E-state index contributed by atoms with van der Waals surface area (Å²) in [5.74, 6) is 0.585. The lowest BCUT2D eigenvalue weighted by molar-refractivity contribution is -0.266. The fourth-order valence-electron chi connectivity index (χ4n) is 4.18. The van der Waals surface area contributed by atoms with E-state index in [1.54, 1.807) is 50.5 Å². The third-order valence-corrected chi connectivity index (χ3v) is 6.88. The number of fused-ring (bicyclic) bond motifs is 2. The number of hydrogen-bond acceptors (Lipinski definition) is 4. The van der Waals surface area contributed by atoms with E-state index in [4.69, 9.17) is 16.3 Å². The van der Waals surface area contributed by atoms with Gasteiger partial charge in [-0.3, -0.25) is 4.98 Å². The van der Waals surface area contributed by atoms with Gasteiger partial charge in [-0.25, -0.2) is 0 Å². The summed E-state index contributed by atoms with van der Waals surface area (Å²) in [6.45, 7) is 3.84. The zero-order valence-corrected chi connectivity index (χ0v) is 18.1. The highest BCUT2D eigenvalue weighted by Crippen LogP contribution is 2.48. The number of benzene rings is 1. The van der Waals surface area contributed by atoms with E-state index in [1.807, 2.05) is 0 Å². The van der Waals surface area contributed by atoms with Crippen LogP contribution in [0.4, 0.5) is 13.2 Å². The lowest BCUT2D eigenvalue weighted by Gasteiger charge is -2.38. The first-order chi connectivity index (χ1) is 14.0. The number of alkyl halides is 3. The Bertz CT molecular complexity index is 1060. The van der Waals surface area contributed by atoms with Gasteiger partial charge < -0.3 is 9.84 Å². The Morgan fingerprint density at radius 3 is 2.70 bits per heavy atom. The van der Waals surface area contributed by atoms with Gasteiger partial charge in [0.15, 0.2) is 5.60 Å². The molecule has 0 amide bonds. The molecule has 2 aromatic heterocycles. The maximum atomic E-state index is 14.1. The van der Waals surface area contributed by atoms with Crippen LogP contribution in [0.5, 0.6) is 5.75 Å². The predicted octanol–water partition coefficient (Wildman–Crippen LogP) is 6.09. The highest BCUT2D eigenvalue weighted by molar-refractivity contribution is 7.19. The quantitative estimate of drug-likeness (QED) is 0.506. The summed E-state index contributed by atoms with van der Waals surface area (Å²) in [7, 11) is 0. The molecule has 1 aromatic carbocycles. The number of hydrogen-bond donors (Lipinski definition) is 1. The third kappa shape index (κ3) is 3.90. The van der Waals surface area contributed by atoms with Crippen LogP contribution in [0.3, 0.4) is 0 Å². The highest BCUT2D eigenvalue weighted by atomic mass is 35.5. The van der Waals surface area contributed by atoms with E-state index >= 15 is 0 Å². The lowest BCUT2D eigenvalue weighted by Crippen LogP contribution is -2.50. The Hall–Kier alpha value is -1.83. The van der Waals surface area contributed by atoms with Crippen molar-refractivity contribution in [3.05, 3.63) is 57.7 Å². The molecule has 4 rings (SSSR count). The maximum absolute atomic E-state index is 14.1. The number of nitrogens with zero attached hydrogens (tertiary/aromatic N) is 1. The van der Waals surface area contributed by atoms with E-state index in [9.17, 15) is 18.3 Å². The SMILES string of the molecule is CC(C)(CC(O)(Cc1cc2ccncc2s1)C(F)(F)F)c1cc(Cl)cc2c1OCC2. The predicted molar refractivity (Wildman–Crippen MR) is 113 cm³/mol. The second kappa shape index (κ2) is 7.39. The van der Waals surface area contributed by atoms with Gasteiger partial charge in [0.05, 0.1) is 11.3 Å². The first kappa shape index (κ1) is 21.4. The van der Waals surface area contributed by atoms with Crippen LogP contribution in [0.1, 0.15) is 36.3 Å². The van der Waals surface area contributed by atoms with Gasteiger partial charge >= 0.3 is 6.18 Å². The molecule has 30 heavy (non-hydrogen) atoms. The first-order valence-electron chi connectivity index (χ1n) is 9.56. The number of aromatic nitrogens is 1. The Balaban J connectivity index is 1.71. The molecule has 0 saturated heterocycles. The molecule has 3 aromatic rings. The van der Waals surface area contributed by atoms with Crippen LogP contribution in [0.15, 0.2) is 36.7 Å². The molecule has 160 valence electrons. The number of ether oxygens (including phenoxy) is 1. The van der Waals surface area contributed by atoms with Crippen LogP contribution in [-0.2, 0) is 18.3 Å². The van der Waals surface area contributed by atoms with E-state index in [1.165, 1.54) is 11.3 Å². The van der Waals surface area contributed by atoms with Gasteiger partial charge in [-0.15, -0.1) is 11.3 Å². The molecule has 1 aliphatic heterocycles. The fraction of sp³-hybridized carbons (Fsp3) is 0.409. The molecule has 1 unspecified atom stereocenters. The molecule has 0 aliphatic carbocycles. The first-order valence-corrected chi connectivity index (χ1v) is 10.8. The van der Waals surface area contributed by atoms with Crippen LogP contribution < -0.4 is 4.74 Å². The van der Waals surface area contributed by atoms with Crippen LogP contribution in [0, 0.1) is 0 Å². The summed E-state index contributed by atoms with van der Waals surface area (Å²) in [4.78, 5) is 4.47. The average Bonchev–Trinajstić information content (AvgIpc) is 3.24. The van der Waals surface area contributed by atoms with Crippen molar-refractivity contribution < 1.29 is 23.0 Å². The van der Waals surface area contributed by atoms with E-state index in [-0.39, 0.29) is 0 Å². The van der Waals surface area contributed by atoms with Crippen molar-refractivity contribution in [3.8, 4) is 5.75 Å². The Labute approximate surface area is 181 Å². The second-order valence-corrected chi connectivity index (χ2v) is 10.0. The molecule has 0 radical (unpaired) electrons. The molecule has 1 N–H and O–H groups in total. The van der Waals surface area contributed by atoms with Crippen molar-refractivity contribution in [2.45, 2.75) is 50.3 Å². The molecule has 3 nitrogen and oxygen atoms in total. The van der Waals surface area contributed by atoms with Crippen molar-refractivity contribution in [2.24, 2.45) is 0 Å². The minimum absolute atomic E-state index is 0.454. The molecular formula is C22H21ClF3NO2S. The van der Waals surface area contributed by atoms with Gasteiger partial charge in [0.25, 0.3) is 0 Å². The lowest BCUT2D eigenvalue weighted by atomic mass is 9.73. The Morgan fingerprint density at radius 1 is 1.23 bits per heavy atom. The van der Waals surface area contributed by atoms with Crippen molar-refractivity contribution >= 4 is 33.0 Å². The number of pyridine rings is 1. The van der Waals surface area contributed by atoms with Gasteiger partial charge in [0.1, 0.15) is 5.75 Å². The largest absolute Gasteiger partial charge is 0.493 e. The zero-order chi connectivity index (χ0) is 21.7. The van der Waals surface area contributed by atoms with Crippen molar-refractivity contribution in [3.63, 3.8) is 0 Å². The summed E-state index contributed by atoms with van der Waals surface area (Å²) in [5.41, 5.74) is -2.45. The average molecular weight is 456 g/mol. The number of thiophene rings is 1. The van der Waals surface area contributed by atoms with Crippen LogP contribution in [0.2, 0.25) is 5.02 Å². The Kier molecular flexibility index (Phi) is 5.27. The number of rotatable bonds is 5. The molecule has 8 heteroatoms. The van der Waals surface area contributed by atoms with Crippen molar-refractivity contribution in [1.82, 2.24) is 4.98 Å². The molecule has 0 bridgehead atoms. The van der Waals surface area contributed by atoms with Crippen LogP contribution in [0.25, 0.3) is 10.1 Å². The van der Waals surface area contributed by atoms with Crippen LogP contribution in [-0.4, -0.2) is 28.5 Å². The van der Waals surface area contributed by atoms with Gasteiger partial charge in [0.2, 0.25) is 0 Å². The van der Waals surface area contributed by atoms with Gasteiger partial charge in [-0.2, -0.15) is 13.2 Å². The summed E-state index contributed by atoms with van der Waals surface area (Å²) in [6.07, 6.45) is -1.97. The third-order valence-electron chi connectivity index (χ3n) is 5.58. The normalized spacial score (nSPS) is 16.4. The topological polar surface area (TPSA) is 42.4 Å². The minimum Gasteiger partial charge on any atom is -0.493 e. The second-order valence-electron chi connectivity index (χ2n) is 8.43. The molecule has 1 atom stereocenters. The van der Waals surface area contributed by atoms with E-state index in [0.29, 0.717) is 34.2 Å². The smallest absolute Gasteiger partial charge is 0.417 e. The number of halogens is 4. The molecule has 0 fully saturated rings. The zero-order valence-electron chi connectivity index (χ0n) is 16.5. The molecular weight excluding hydrogens is 435 g/mol. The summed E-state index contributed by atoms with van der Waals surface area (Å²) < 4.78 is 48.9. The molecule has 0 saturated carbocycles. The summed E-state index contributed by atoms with van der Waals surface area (Å²) >= 11 is 7.44. The van der Waals surface area contributed by atoms with E-state index < -0.39 is 30.0 Å². The van der Waals surface area contributed by atoms with Gasteiger partial charge in [-0.1, -0.05) is 25.4 Å². The van der Waals surface area contributed by atoms with Gasteiger partial charge in [0, 0.05) is 40.7 Å². The van der Waals surface area contributed by atoms with Crippen molar-refractivity contribution in [2.75, 3.05) is 6.61 Å². The maximum Gasteiger partial charge on any atom is 0.417 e. The fourth-order valence-corrected chi connectivity index (χ4v) is 5.55. The Morgan fingerprint density at radius 2 is 2.00 bits per heavy atom. The van der Waals surface area contributed by atoms with E-state index in [2.05, 4.69) is 4.98 Å².